The summed E-state index contributed by atoms with van der Waals surface area (Å²) in [5.74, 6) is -0.290. The molecular weight excluding hydrogens is 513 g/mol. The highest BCUT2D eigenvalue weighted by molar-refractivity contribution is 8.02. The van der Waals surface area contributed by atoms with Crippen LogP contribution in [0.1, 0.15) is 10.7 Å². The van der Waals surface area contributed by atoms with E-state index < -0.39 is 23.3 Å². The number of aliphatic carboxylic acids is 1. The van der Waals surface area contributed by atoms with Crippen molar-refractivity contribution in [3.63, 3.8) is 0 Å². The quantitative estimate of drug-likeness (QED) is 0.320. The van der Waals surface area contributed by atoms with Crippen LogP contribution in [0.3, 0.4) is 0 Å². The van der Waals surface area contributed by atoms with E-state index in [0.29, 0.717) is 27.9 Å². The van der Waals surface area contributed by atoms with E-state index in [4.69, 9.17) is 5.73 Å². The number of amides is 2. The lowest BCUT2D eigenvalue weighted by Gasteiger charge is -2.49. The van der Waals surface area contributed by atoms with Crippen LogP contribution in [-0.2, 0) is 26.6 Å². The van der Waals surface area contributed by atoms with Gasteiger partial charge in [-0.2, -0.15) is 11.8 Å². The number of rotatable bonds is 9. The molecule has 4 N–H and O–H groups in total. The van der Waals surface area contributed by atoms with Crippen LogP contribution in [0.25, 0.3) is 0 Å². The van der Waals surface area contributed by atoms with Crippen LogP contribution in [0, 0.1) is 0 Å². The molecule has 170 valence electrons. The van der Waals surface area contributed by atoms with Crippen LogP contribution < -0.4 is 11.1 Å². The Kier molecular flexibility index (Phi) is 7.29. The van der Waals surface area contributed by atoms with Gasteiger partial charge < -0.3 is 16.2 Å². The summed E-state index contributed by atoms with van der Waals surface area (Å²) >= 11 is 7.24. The van der Waals surface area contributed by atoms with Crippen LogP contribution in [0.15, 0.2) is 21.0 Å². The Morgan fingerprint density at radius 1 is 1.38 bits per heavy atom. The molecule has 2 amide bonds. The van der Waals surface area contributed by atoms with Crippen molar-refractivity contribution in [1.29, 1.82) is 0 Å². The predicted octanol–water partition coefficient (Wildman–Crippen LogP) is 1.51. The van der Waals surface area contributed by atoms with Gasteiger partial charge in [0.15, 0.2) is 9.47 Å². The summed E-state index contributed by atoms with van der Waals surface area (Å²) < 4.78 is 0.765. The first kappa shape index (κ1) is 23.4. The van der Waals surface area contributed by atoms with E-state index in [2.05, 4.69) is 20.5 Å². The van der Waals surface area contributed by atoms with Crippen molar-refractivity contribution in [2.24, 2.45) is 0 Å². The minimum absolute atomic E-state index is 0.00197. The zero-order chi connectivity index (χ0) is 22.8. The summed E-state index contributed by atoms with van der Waals surface area (Å²) in [4.78, 5) is 42.3. The third-order valence-corrected chi connectivity index (χ3v) is 9.51. The number of fused-ring (bicyclic) bond motifs is 1. The molecule has 2 aliphatic rings. The standard InChI is InChI=1S/C17H18N6O4S5/c1-28-6-10-21-22-17(32-10)31-4-7-3-29-14-11(13(25)23(14)12(7)15(26)27)20-9(24)2-8-5-30-16(18)19-8/h5,11,14H,2-4,6H2,1H3,(H2,18,19)(H,20,24)(H,26,27)/t11?,14-/m1/s1. The molecule has 4 rings (SSSR count). The van der Waals surface area contributed by atoms with Gasteiger partial charge in [-0.15, -0.1) is 33.3 Å². The van der Waals surface area contributed by atoms with Gasteiger partial charge in [-0.25, -0.2) is 9.78 Å². The molecule has 0 aromatic carbocycles. The smallest absolute Gasteiger partial charge is 0.352 e. The van der Waals surface area contributed by atoms with Gasteiger partial charge in [-0.05, 0) is 11.8 Å². The lowest BCUT2D eigenvalue weighted by molar-refractivity contribution is -0.150. The van der Waals surface area contributed by atoms with E-state index in [9.17, 15) is 19.5 Å². The van der Waals surface area contributed by atoms with Crippen LogP contribution in [0.2, 0.25) is 0 Å². The van der Waals surface area contributed by atoms with E-state index >= 15 is 0 Å². The van der Waals surface area contributed by atoms with Crippen molar-refractivity contribution >= 4 is 80.9 Å². The van der Waals surface area contributed by atoms with Crippen molar-refractivity contribution in [1.82, 2.24) is 25.4 Å². The van der Waals surface area contributed by atoms with Gasteiger partial charge in [0.25, 0.3) is 5.91 Å². The highest BCUT2D eigenvalue weighted by Crippen LogP contribution is 2.41. The molecule has 0 spiro atoms. The number of carboxylic acid groups (broad SMARTS) is 1. The highest BCUT2D eigenvalue weighted by atomic mass is 32.2. The molecule has 2 aromatic heterocycles. The number of nitrogens with one attached hydrogen (secondary N) is 1. The average Bonchev–Trinajstić information content (AvgIpc) is 3.38. The largest absolute Gasteiger partial charge is 0.477 e. The molecule has 0 aliphatic carbocycles. The number of carbonyl (C=O) groups is 3. The number of β-lactam (4-membered cyclic amide) rings is 1. The number of nitrogens with two attached hydrogens (primary N) is 1. The number of nitrogen functional groups attached to an aromatic ring is 1. The molecule has 2 atom stereocenters. The van der Waals surface area contributed by atoms with Gasteiger partial charge in [0.1, 0.15) is 22.1 Å². The van der Waals surface area contributed by atoms with Crippen LogP contribution in [0.5, 0.6) is 0 Å². The number of thiazole rings is 1. The first-order valence-corrected chi connectivity index (χ1v) is 14.3. The Bertz CT molecular complexity index is 1090. The molecule has 0 radical (unpaired) electrons. The molecule has 1 unspecified atom stereocenters. The molecule has 0 bridgehead atoms. The topological polar surface area (TPSA) is 151 Å². The fourth-order valence-electron chi connectivity index (χ4n) is 3.21. The summed E-state index contributed by atoms with van der Waals surface area (Å²) in [6, 6.07) is -0.760. The van der Waals surface area contributed by atoms with Gasteiger partial charge >= 0.3 is 5.97 Å². The van der Waals surface area contributed by atoms with Crippen LogP contribution in [-0.4, -0.2) is 72.1 Å². The third kappa shape index (κ3) is 4.90. The second-order valence-electron chi connectivity index (χ2n) is 6.75. The van der Waals surface area contributed by atoms with Gasteiger partial charge in [-0.1, -0.05) is 23.1 Å². The fourth-order valence-corrected chi connectivity index (χ4v) is 7.85. The summed E-state index contributed by atoms with van der Waals surface area (Å²) in [5, 5.41) is 23.3. The molecule has 0 saturated carbocycles. The second kappa shape index (κ2) is 9.99. The summed E-state index contributed by atoms with van der Waals surface area (Å²) in [6.07, 6.45) is 2.00. The fraction of sp³-hybridized carbons (Fsp3) is 0.412. The van der Waals surface area contributed by atoms with Crippen LogP contribution in [0.4, 0.5) is 5.13 Å². The molecule has 4 heterocycles. The minimum atomic E-state index is -1.15. The Labute approximate surface area is 203 Å². The molecule has 2 aromatic rings. The predicted molar refractivity (Wildman–Crippen MR) is 128 cm³/mol. The number of aromatic nitrogens is 3. The number of nitrogens with zero attached hydrogens (tertiary/aromatic N) is 4. The molecular formula is C17H18N6O4S5. The van der Waals surface area contributed by atoms with Crippen molar-refractivity contribution in [3.05, 3.63) is 27.4 Å². The average molecular weight is 531 g/mol. The summed E-state index contributed by atoms with van der Waals surface area (Å²) in [6.45, 7) is 0. The molecule has 10 nitrogen and oxygen atoms in total. The lowest BCUT2D eigenvalue weighted by atomic mass is 10.0. The summed E-state index contributed by atoms with van der Waals surface area (Å²) in [5.41, 5.74) is 6.76. The maximum Gasteiger partial charge on any atom is 0.352 e. The van der Waals surface area contributed by atoms with Crippen LogP contribution >= 0.6 is 58.0 Å². The van der Waals surface area contributed by atoms with Crippen molar-refractivity contribution in [3.8, 4) is 0 Å². The number of carboxylic acids is 1. The zero-order valence-corrected chi connectivity index (χ0v) is 20.7. The van der Waals surface area contributed by atoms with E-state index in [1.165, 1.54) is 51.1 Å². The number of thioether (sulfide) groups is 3. The lowest BCUT2D eigenvalue weighted by Crippen LogP contribution is -2.70. The molecule has 32 heavy (non-hydrogen) atoms. The number of hydrogen-bond acceptors (Lipinski definition) is 12. The molecule has 2 aliphatic heterocycles. The Morgan fingerprint density at radius 3 is 2.88 bits per heavy atom. The van der Waals surface area contributed by atoms with E-state index in [-0.39, 0.29) is 18.0 Å². The van der Waals surface area contributed by atoms with Gasteiger partial charge in [0.2, 0.25) is 5.91 Å². The Hall–Kier alpha value is -1.81. The minimum Gasteiger partial charge on any atom is -0.477 e. The number of anilines is 1. The monoisotopic (exact) mass is 530 g/mol. The van der Waals surface area contributed by atoms with Gasteiger partial charge in [-0.3, -0.25) is 14.5 Å². The number of hydrogen-bond donors (Lipinski definition) is 3. The third-order valence-electron chi connectivity index (χ3n) is 4.56. The number of carbonyl (C=O) groups excluding carboxylic acids is 2. The van der Waals surface area contributed by atoms with Gasteiger partial charge in [0, 0.05) is 22.6 Å². The van der Waals surface area contributed by atoms with E-state index in [0.717, 1.165) is 15.1 Å². The maximum atomic E-state index is 12.7. The van der Waals surface area contributed by atoms with Crippen molar-refractivity contribution < 1.29 is 19.5 Å². The zero-order valence-electron chi connectivity index (χ0n) is 16.6. The first-order chi connectivity index (χ1) is 15.4. The Morgan fingerprint density at radius 2 is 2.19 bits per heavy atom. The molecule has 15 heteroatoms. The molecule has 1 saturated heterocycles. The normalized spacial score (nSPS) is 20.2. The van der Waals surface area contributed by atoms with Crippen molar-refractivity contribution in [2.75, 3.05) is 23.5 Å². The molecule has 1 fully saturated rings. The van der Waals surface area contributed by atoms with Gasteiger partial charge in [0.05, 0.1) is 12.1 Å². The highest BCUT2D eigenvalue weighted by Gasteiger charge is 2.54. The first-order valence-electron chi connectivity index (χ1n) is 9.20. The maximum absolute atomic E-state index is 12.7. The van der Waals surface area contributed by atoms with E-state index in [1.807, 2.05) is 6.26 Å². The SMILES string of the molecule is CSCc1nnc(SCC2=C(C(=O)O)N3C(=O)C(NC(=O)Cc4csc(N)n4)[C@H]3SC2)s1. The summed E-state index contributed by atoms with van der Waals surface area (Å²) in [7, 11) is 0. The van der Waals surface area contributed by atoms with E-state index in [1.54, 1.807) is 17.1 Å². The van der Waals surface area contributed by atoms with Crippen molar-refractivity contribution in [2.45, 2.75) is 27.9 Å². The Balaban J connectivity index is 1.41. The second-order valence-corrected chi connectivity index (χ2v) is 11.9.